The lowest BCUT2D eigenvalue weighted by Gasteiger charge is -2.10. The first kappa shape index (κ1) is 20.8. The minimum absolute atomic E-state index is 0.186. The van der Waals surface area contributed by atoms with Gasteiger partial charge in [-0.3, -0.25) is 9.59 Å². The molecule has 144 valence electrons. The maximum Gasteiger partial charge on any atom is 0.306 e. The summed E-state index contributed by atoms with van der Waals surface area (Å²) in [6.45, 7) is 4.00. The van der Waals surface area contributed by atoms with Crippen molar-refractivity contribution in [3.8, 4) is 5.75 Å². The number of anilines is 1. The third-order valence-electron chi connectivity index (χ3n) is 3.96. The number of amides is 1. The smallest absolute Gasteiger partial charge is 0.306 e. The number of nitrogens with one attached hydrogen (secondary N) is 1. The topological polar surface area (TPSA) is 64.6 Å². The van der Waals surface area contributed by atoms with E-state index in [-0.39, 0.29) is 18.9 Å². The SMILES string of the molecule is CCc1ccccc1NC(=O)COC(=O)CCCOc1ccc(Cl)c(C)c1. The van der Waals surface area contributed by atoms with Gasteiger partial charge in [-0.1, -0.05) is 36.7 Å². The highest BCUT2D eigenvalue weighted by atomic mass is 35.5. The molecular formula is C21H24ClNO4. The molecule has 0 aliphatic carbocycles. The van der Waals surface area contributed by atoms with E-state index in [1.165, 1.54) is 0 Å². The van der Waals surface area contributed by atoms with Gasteiger partial charge in [-0.05, 0) is 55.2 Å². The van der Waals surface area contributed by atoms with Gasteiger partial charge < -0.3 is 14.8 Å². The lowest BCUT2D eigenvalue weighted by atomic mass is 10.1. The predicted octanol–water partition coefficient (Wildman–Crippen LogP) is 4.55. The Bertz CT molecular complexity index is 792. The molecule has 2 aromatic carbocycles. The van der Waals surface area contributed by atoms with Crippen LogP contribution >= 0.6 is 11.6 Å². The van der Waals surface area contributed by atoms with Crippen LogP contribution in [0.15, 0.2) is 42.5 Å². The number of carbonyl (C=O) groups is 2. The molecule has 0 spiro atoms. The van der Waals surface area contributed by atoms with Crippen molar-refractivity contribution in [2.24, 2.45) is 0 Å². The van der Waals surface area contributed by atoms with E-state index in [2.05, 4.69) is 5.32 Å². The summed E-state index contributed by atoms with van der Waals surface area (Å²) < 4.78 is 10.6. The van der Waals surface area contributed by atoms with Gasteiger partial charge in [0, 0.05) is 17.1 Å². The van der Waals surface area contributed by atoms with Crippen LogP contribution in [0.5, 0.6) is 5.75 Å². The summed E-state index contributed by atoms with van der Waals surface area (Å²) in [5, 5.41) is 3.45. The fourth-order valence-electron chi connectivity index (χ4n) is 2.47. The summed E-state index contributed by atoms with van der Waals surface area (Å²) in [6.07, 6.45) is 1.50. The molecule has 0 aromatic heterocycles. The summed E-state index contributed by atoms with van der Waals surface area (Å²) in [5.74, 6) is -0.0683. The fourth-order valence-corrected chi connectivity index (χ4v) is 2.59. The molecule has 27 heavy (non-hydrogen) atoms. The van der Waals surface area contributed by atoms with Crippen molar-refractivity contribution < 1.29 is 19.1 Å². The van der Waals surface area contributed by atoms with Crippen molar-refractivity contribution >= 4 is 29.2 Å². The van der Waals surface area contributed by atoms with Crippen molar-refractivity contribution in [1.82, 2.24) is 0 Å². The molecule has 0 aliphatic rings. The van der Waals surface area contributed by atoms with Crippen molar-refractivity contribution in [2.45, 2.75) is 33.1 Å². The highest BCUT2D eigenvalue weighted by molar-refractivity contribution is 6.31. The summed E-state index contributed by atoms with van der Waals surface area (Å²) in [7, 11) is 0. The number of ether oxygens (including phenoxy) is 2. The van der Waals surface area contributed by atoms with Crippen LogP contribution in [-0.2, 0) is 20.7 Å². The third-order valence-corrected chi connectivity index (χ3v) is 4.38. The molecule has 0 bridgehead atoms. The number of halogens is 1. The molecule has 2 rings (SSSR count). The molecule has 0 saturated carbocycles. The molecule has 6 heteroatoms. The van der Waals surface area contributed by atoms with E-state index in [0.717, 1.165) is 23.2 Å². The highest BCUT2D eigenvalue weighted by Gasteiger charge is 2.09. The van der Waals surface area contributed by atoms with E-state index in [1.54, 1.807) is 12.1 Å². The summed E-state index contributed by atoms with van der Waals surface area (Å²) >= 11 is 5.96. The average molecular weight is 390 g/mol. The van der Waals surface area contributed by atoms with Crippen molar-refractivity contribution in [1.29, 1.82) is 0 Å². The van der Waals surface area contributed by atoms with Gasteiger partial charge >= 0.3 is 5.97 Å². The first-order chi connectivity index (χ1) is 13.0. The number of benzene rings is 2. The molecule has 2 aromatic rings. The molecule has 0 saturated heterocycles. The Kier molecular flexibility index (Phi) is 8.14. The number of carbonyl (C=O) groups excluding carboxylic acids is 2. The van der Waals surface area contributed by atoms with E-state index in [0.29, 0.717) is 23.8 Å². The summed E-state index contributed by atoms with van der Waals surface area (Å²) in [6, 6.07) is 12.9. The molecule has 0 fully saturated rings. The largest absolute Gasteiger partial charge is 0.494 e. The second-order valence-electron chi connectivity index (χ2n) is 6.08. The Balaban J connectivity index is 1.65. The molecule has 0 heterocycles. The zero-order valence-corrected chi connectivity index (χ0v) is 16.3. The van der Waals surface area contributed by atoms with Crippen LogP contribution in [0.25, 0.3) is 0 Å². The van der Waals surface area contributed by atoms with E-state index in [9.17, 15) is 9.59 Å². The molecular weight excluding hydrogens is 366 g/mol. The van der Waals surface area contributed by atoms with Crippen molar-refractivity contribution in [2.75, 3.05) is 18.5 Å². The Morgan fingerprint density at radius 2 is 1.93 bits per heavy atom. The highest BCUT2D eigenvalue weighted by Crippen LogP contribution is 2.21. The molecule has 0 atom stereocenters. The lowest BCUT2D eigenvalue weighted by Crippen LogP contribution is -2.21. The van der Waals surface area contributed by atoms with Gasteiger partial charge in [0.25, 0.3) is 5.91 Å². The van der Waals surface area contributed by atoms with Crippen LogP contribution < -0.4 is 10.1 Å². The first-order valence-corrected chi connectivity index (χ1v) is 9.29. The van der Waals surface area contributed by atoms with Crippen LogP contribution in [0, 0.1) is 6.92 Å². The molecule has 1 N–H and O–H groups in total. The maximum absolute atomic E-state index is 11.9. The summed E-state index contributed by atoms with van der Waals surface area (Å²) in [5.41, 5.74) is 2.71. The monoisotopic (exact) mass is 389 g/mol. The molecule has 0 aliphatic heterocycles. The number of esters is 1. The van der Waals surface area contributed by atoms with Gasteiger partial charge in [-0.2, -0.15) is 0 Å². The second-order valence-corrected chi connectivity index (χ2v) is 6.49. The van der Waals surface area contributed by atoms with E-state index in [4.69, 9.17) is 21.1 Å². The fraction of sp³-hybridized carbons (Fsp3) is 0.333. The zero-order chi connectivity index (χ0) is 19.6. The zero-order valence-electron chi connectivity index (χ0n) is 15.6. The predicted molar refractivity (Wildman–Crippen MR) is 106 cm³/mol. The number of rotatable bonds is 9. The van der Waals surface area contributed by atoms with E-state index < -0.39 is 5.97 Å². The maximum atomic E-state index is 11.9. The second kappa shape index (κ2) is 10.6. The van der Waals surface area contributed by atoms with Gasteiger partial charge in [0.1, 0.15) is 5.75 Å². The van der Waals surface area contributed by atoms with Crippen LogP contribution in [0.2, 0.25) is 5.02 Å². The summed E-state index contributed by atoms with van der Waals surface area (Å²) in [4.78, 5) is 23.7. The minimum Gasteiger partial charge on any atom is -0.494 e. The Morgan fingerprint density at radius 3 is 2.67 bits per heavy atom. The minimum atomic E-state index is -0.426. The van der Waals surface area contributed by atoms with Crippen molar-refractivity contribution in [3.63, 3.8) is 0 Å². The Labute approximate surface area is 164 Å². The van der Waals surface area contributed by atoms with Gasteiger partial charge in [0.15, 0.2) is 6.61 Å². The lowest BCUT2D eigenvalue weighted by molar-refractivity contribution is -0.147. The average Bonchev–Trinajstić information content (AvgIpc) is 2.66. The molecule has 5 nitrogen and oxygen atoms in total. The Hall–Kier alpha value is -2.53. The number of hydrogen-bond acceptors (Lipinski definition) is 4. The Morgan fingerprint density at radius 1 is 1.15 bits per heavy atom. The van der Waals surface area contributed by atoms with Crippen LogP contribution in [0.3, 0.4) is 0 Å². The van der Waals surface area contributed by atoms with Gasteiger partial charge in [-0.15, -0.1) is 0 Å². The van der Waals surface area contributed by atoms with Gasteiger partial charge in [0.2, 0.25) is 0 Å². The molecule has 1 amide bonds. The standard InChI is InChI=1S/C21H24ClNO4/c1-3-16-7-4-5-8-19(16)23-20(24)14-27-21(25)9-6-12-26-17-10-11-18(22)15(2)13-17/h4-5,7-8,10-11,13H,3,6,9,12,14H2,1-2H3,(H,23,24). The normalized spacial score (nSPS) is 10.3. The first-order valence-electron chi connectivity index (χ1n) is 8.92. The van der Waals surface area contributed by atoms with Crippen LogP contribution in [0.4, 0.5) is 5.69 Å². The van der Waals surface area contributed by atoms with Crippen LogP contribution in [-0.4, -0.2) is 25.1 Å². The third kappa shape index (κ3) is 6.94. The number of aryl methyl sites for hydroxylation is 2. The number of hydrogen-bond donors (Lipinski definition) is 1. The number of para-hydroxylation sites is 1. The van der Waals surface area contributed by atoms with Gasteiger partial charge in [0.05, 0.1) is 6.61 Å². The van der Waals surface area contributed by atoms with Crippen molar-refractivity contribution in [3.05, 3.63) is 58.6 Å². The quantitative estimate of drug-likeness (QED) is 0.504. The van der Waals surface area contributed by atoms with E-state index >= 15 is 0 Å². The molecule has 0 unspecified atom stereocenters. The van der Waals surface area contributed by atoms with Crippen LogP contribution in [0.1, 0.15) is 30.9 Å². The molecule has 0 radical (unpaired) electrons. The van der Waals surface area contributed by atoms with E-state index in [1.807, 2.05) is 44.2 Å². The van der Waals surface area contributed by atoms with Gasteiger partial charge in [-0.25, -0.2) is 0 Å².